The molecule has 2 nitrogen and oxygen atoms in total. The summed E-state index contributed by atoms with van der Waals surface area (Å²) in [5.41, 5.74) is 1.98. The van der Waals surface area contributed by atoms with E-state index in [1.165, 1.54) is 16.2 Å². The molecule has 4 rings (SSSR count). The maximum Gasteiger partial charge on any atom is 0.0653 e. The number of nitrogens with zero attached hydrogens (tertiary/aromatic N) is 1. The Morgan fingerprint density at radius 1 is 0.545 bits per heavy atom. The molecule has 4 aromatic rings. The van der Waals surface area contributed by atoms with Crippen LogP contribution in [-0.2, 0) is 0 Å². The van der Waals surface area contributed by atoms with Crippen LogP contribution in [0.4, 0.5) is 11.4 Å². The minimum atomic E-state index is 0.975. The van der Waals surface area contributed by atoms with Gasteiger partial charge in [-0.3, -0.25) is 5.01 Å². The molecule has 0 heterocycles. The number of hydrogen-bond acceptors (Lipinski definition) is 2. The van der Waals surface area contributed by atoms with Crippen LogP contribution in [0.2, 0.25) is 0 Å². The Morgan fingerprint density at radius 3 is 2.14 bits per heavy atom. The molecule has 0 unspecified atom stereocenters. The zero-order valence-electron chi connectivity index (χ0n) is 12.1. The van der Waals surface area contributed by atoms with Crippen molar-refractivity contribution in [1.82, 2.24) is 0 Å². The van der Waals surface area contributed by atoms with E-state index in [4.69, 9.17) is 5.84 Å². The van der Waals surface area contributed by atoms with Gasteiger partial charge in [0.1, 0.15) is 0 Å². The number of fused-ring (bicyclic) bond motifs is 3. The van der Waals surface area contributed by atoms with Crippen molar-refractivity contribution in [1.29, 1.82) is 0 Å². The van der Waals surface area contributed by atoms with Crippen LogP contribution in [0.1, 0.15) is 0 Å². The van der Waals surface area contributed by atoms with Gasteiger partial charge < -0.3 is 0 Å². The molecule has 0 aliphatic rings. The second-order valence-corrected chi connectivity index (χ2v) is 5.36. The van der Waals surface area contributed by atoms with Crippen LogP contribution in [0, 0.1) is 0 Å². The van der Waals surface area contributed by atoms with Gasteiger partial charge in [0.25, 0.3) is 0 Å². The molecular weight excluding hydrogens is 268 g/mol. The molecule has 0 aliphatic carbocycles. The Morgan fingerprint density at radius 2 is 1.27 bits per heavy atom. The molecule has 2 N–H and O–H groups in total. The van der Waals surface area contributed by atoms with Gasteiger partial charge in [-0.25, -0.2) is 5.84 Å². The minimum Gasteiger partial charge on any atom is -0.279 e. The summed E-state index contributed by atoms with van der Waals surface area (Å²) in [7, 11) is 0. The quantitative estimate of drug-likeness (QED) is 0.319. The molecule has 0 spiro atoms. The predicted octanol–water partition coefficient (Wildman–Crippen LogP) is 5.00. The standard InChI is InChI=1S/C20H16N2/c21-22(16-8-2-1-3-9-16)20-12-6-11-18-17-10-5-4-7-15(17)13-14-19(18)20/h1-14H,21H2. The van der Waals surface area contributed by atoms with Crippen LogP contribution in [-0.4, -0.2) is 0 Å². The Bertz CT molecular complexity index is 945. The molecular formula is C20H16N2. The van der Waals surface area contributed by atoms with Crippen molar-refractivity contribution in [2.24, 2.45) is 5.84 Å². The van der Waals surface area contributed by atoms with Crippen LogP contribution >= 0.6 is 0 Å². The lowest BCUT2D eigenvalue weighted by Crippen LogP contribution is -2.24. The van der Waals surface area contributed by atoms with Gasteiger partial charge >= 0.3 is 0 Å². The fraction of sp³-hybridized carbons (Fsp3) is 0. The summed E-state index contributed by atoms with van der Waals surface area (Å²) in [4.78, 5) is 0. The van der Waals surface area contributed by atoms with E-state index in [0.29, 0.717) is 0 Å². The monoisotopic (exact) mass is 284 g/mol. The largest absolute Gasteiger partial charge is 0.279 e. The van der Waals surface area contributed by atoms with Crippen molar-refractivity contribution in [2.75, 3.05) is 5.01 Å². The Kier molecular flexibility index (Phi) is 3.02. The van der Waals surface area contributed by atoms with Gasteiger partial charge in [-0.1, -0.05) is 66.7 Å². The van der Waals surface area contributed by atoms with Gasteiger partial charge in [-0.2, -0.15) is 0 Å². The summed E-state index contributed by atoms with van der Waals surface area (Å²) in [6.45, 7) is 0. The van der Waals surface area contributed by atoms with Gasteiger partial charge in [0.05, 0.1) is 11.4 Å². The molecule has 22 heavy (non-hydrogen) atoms. The van der Waals surface area contributed by atoms with Crippen LogP contribution in [0.3, 0.4) is 0 Å². The first kappa shape index (κ1) is 12.9. The average molecular weight is 284 g/mol. The highest BCUT2D eigenvalue weighted by Crippen LogP contribution is 2.33. The molecule has 0 aromatic heterocycles. The van der Waals surface area contributed by atoms with Crippen LogP contribution < -0.4 is 10.9 Å². The third kappa shape index (κ3) is 2.01. The molecule has 0 saturated heterocycles. The van der Waals surface area contributed by atoms with Crippen LogP contribution in [0.15, 0.2) is 84.9 Å². The third-order valence-electron chi connectivity index (χ3n) is 4.06. The zero-order chi connectivity index (χ0) is 14.9. The summed E-state index contributed by atoms with van der Waals surface area (Å²) in [6.07, 6.45) is 0. The average Bonchev–Trinajstić information content (AvgIpc) is 2.61. The van der Waals surface area contributed by atoms with Gasteiger partial charge in [0.2, 0.25) is 0 Å². The molecule has 2 heteroatoms. The summed E-state index contributed by atoms with van der Waals surface area (Å²) in [5.74, 6) is 6.36. The number of hydrazine groups is 1. The summed E-state index contributed by atoms with van der Waals surface area (Å²) in [5, 5.41) is 6.63. The molecule has 0 saturated carbocycles. The zero-order valence-corrected chi connectivity index (χ0v) is 12.1. The molecule has 0 radical (unpaired) electrons. The van der Waals surface area contributed by atoms with Gasteiger partial charge in [-0.05, 0) is 34.4 Å². The highest BCUT2D eigenvalue weighted by Gasteiger charge is 2.09. The molecule has 0 bridgehead atoms. The predicted molar refractivity (Wildman–Crippen MR) is 94.2 cm³/mol. The highest BCUT2D eigenvalue weighted by atomic mass is 15.4. The lowest BCUT2D eigenvalue weighted by atomic mass is 10.0. The van der Waals surface area contributed by atoms with E-state index in [1.807, 2.05) is 30.3 Å². The van der Waals surface area contributed by atoms with E-state index in [2.05, 4.69) is 54.6 Å². The Hall–Kier alpha value is -2.84. The van der Waals surface area contributed by atoms with Crippen molar-refractivity contribution in [3.05, 3.63) is 84.9 Å². The summed E-state index contributed by atoms with van der Waals surface area (Å²) >= 11 is 0. The van der Waals surface area contributed by atoms with Crippen molar-refractivity contribution in [2.45, 2.75) is 0 Å². The number of anilines is 2. The first-order valence-electron chi connectivity index (χ1n) is 7.35. The van der Waals surface area contributed by atoms with Crippen molar-refractivity contribution < 1.29 is 0 Å². The molecule has 0 amide bonds. The van der Waals surface area contributed by atoms with E-state index in [-0.39, 0.29) is 0 Å². The van der Waals surface area contributed by atoms with Crippen LogP contribution in [0.25, 0.3) is 21.5 Å². The van der Waals surface area contributed by atoms with E-state index in [1.54, 1.807) is 5.01 Å². The topological polar surface area (TPSA) is 29.3 Å². The molecule has 4 aromatic carbocycles. The highest BCUT2D eigenvalue weighted by molar-refractivity contribution is 6.11. The number of nitrogens with two attached hydrogens (primary N) is 1. The number of rotatable bonds is 2. The number of para-hydroxylation sites is 1. The van der Waals surface area contributed by atoms with E-state index < -0.39 is 0 Å². The van der Waals surface area contributed by atoms with E-state index in [0.717, 1.165) is 16.8 Å². The van der Waals surface area contributed by atoms with Gasteiger partial charge in [-0.15, -0.1) is 0 Å². The van der Waals surface area contributed by atoms with E-state index >= 15 is 0 Å². The normalized spacial score (nSPS) is 11.0. The number of benzene rings is 4. The van der Waals surface area contributed by atoms with Crippen molar-refractivity contribution >= 4 is 32.9 Å². The lowest BCUT2D eigenvalue weighted by molar-refractivity contribution is 1.10. The molecule has 0 aliphatic heterocycles. The van der Waals surface area contributed by atoms with Gasteiger partial charge in [0.15, 0.2) is 0 Å². The SMILES string of the molecule is NN(c1ccccc1)c1cccc2c1ccc1ccccc12. The second kappa shape index (κ2) is 5.17. The first-order valence-corrected chi connectivity index (χ1v) is 7.35. The fourth-order valence-corrected chi connectivity index (χ4v) is 2.96. The second-order valence-electron chi connectivity index (χ2n) is 5.36. The summed E-state index contributed by atoms with van der Waals surface area (Å²) in [6, 6.07) is 29.0. The van der Waals surface area contributed by atoms with Crippen molar-refractivity contribution in [3.63, 3.8) is 0 Å². The summed E-state index contributed by atoms with van der Waals surface area (Å²) < 4.78 is 0. The minimum absolute atomic E-state index is 0.975. The van der Waals surface area contributed by atoms with Crippen molar-refractivity contribution in [3.8, 4) is 0 Å². The molecule has 0 atom stereocenters. The third-order valence-corrected chi connectivity index (χ3v) is 4.06. The van der Waals surface area contributed by atoms with Gasteiger partial charge in [0, 0.05) is 5.39 Å². The maximum absolute atomic E-state index is 6.36. The molecule has 0 fully saturated rings. The smallest absolute Gasteiger partial charge is 0.0653 e. The lowest BCUT2D eigenvalue weighted by Gasteiger charge is -2.21. The molecule has 106 valence electrons. The Balaban J connectivity index is 1.97. The Labute approximate surface area is 129 Å². The van der Waals surface area contributed by atoms with E-state index in [9.17, 15) is 0 Å². The fourth-order valence-electron chi connectivity index (χ4n) is 2.96. The van der Waals surface area contributed by atoms with Crippen LogP contribution in [0.5, 0.6) is 0 Å². The first-order chi connectivity index (χ1) is 10.8. The number of hydrogen-bond donors (Lipinski definition) is 1. The maximum atomic E-state index is 6.36.